The van der Waals surface area contributed by atoms with Crippen LogP contribution in [-0.2, 0) is 16.4 Å². The number of nitrogens with zero attached hydrogens (tertiary/aromatic N) is 2. The Bertz CT molecular complexity index is 1030. The van der Waals surface area contributed by atoms with Gasteiger partial charge in [-0.3, -0.25) is 0 Å². The van der Waals surface area contributed by atoms with Crippen LogP contribution >= 0.6 is 27.5 Å². The van der Waals surface area contributed by atoms with E-state index < -0.39 is 10.0 Å². The molecule has 3 rings (SSSR count). The minimum atomic E-state index is -3.71. The predicted octanol–water partition coefficient (Wildman–Crippen LogP) is 4.40. The van der Waals surface area contributed by atoms with Crippen molar-refractivity contribution in [3.8, 4) is 0 Å². The molecule has 0 aliphatic carbocycles. The molecule has 132 valence electrons. The van der Waals surface area contributed by atoms with Gasteiger partial charge in [-0.2, -0.15) is 0 Å². The van der Waals surface area contributed by atoms with Gasteiger partial charge in [0.1, 0.15) is 4.90 Å². The Morgan fingerprint density at radius 2 is 1.88 bits per heavy atom. The van der Waals surface area contributed by atoms with Crippen LogP contribution in [0.25, 0.3) is 10.9 Å². The van der Waals surface area contributed by atoms with Crippen molar-refractivity contribution in [3.63, 3.8) is 0 Å². The molecule has 0 unspecified atom stereocenters. The van der Waals surface area contributed by atoms with Gasteiger partial charge in [0.2, 0.25) is 0 Å². The summed E-state index contributed by atoms with van der Waals surface area (Å²) in [7, 11) is 0.266. The molecule has 0 fully saturated rings. The summed E-state index contributed by atoms with van der Waals surface area (Å²) < 4.78 is 28.3. The molecule has 2 aromatic carbocycles. The second kappa shape index (κ2) is 7.11. The lowest BCUT2D eigenvalue weighted by molar-refractivity contribution is 0.414. The number of rotatable bonds is 5. The largest absolute Gasteiger partial charge is 0.309 e. The van der Waals surface area contributed by atoms with Crippen LogP contribution in [0.2, 0.25) is 5.02 Å². The summed E-state index contributed by atoms with van der Waals surface area (Å²) in [6, 6.07) is 12.1. The zero-order valence-corrected chi connectivity index (χ0v) is 17.1. The van der Waals surface area contributed by atoms with Gasteiger partial charge in [0, 0.05) is 27.6 Å². The van der Waals surface area contributed by atoms with E-state index in [0.717, 1.165) is 23.9 Å². The Morgan fingerprint density at radius 1 is 1.16 bits per heavy atom. The fraction of sp³-hybridized carbons (Fsp3) is 0.222. The monoisotopic (exact) mass is 440 g/mol. The number of likely N-dealkylation sites (N-methyl/N-ethyl adjacent to an activating group) is 1. The molecule has 0 amide bonds. The molecule has 0 spiro atoms. The maximum atomic E-state index is 13.2. The number of aromatic nitrogens is 1. The van der Waals surface area contributed by atoms with Crippen molar-refractivity contribution < 1.29 is 8.42 Å². The third-order valence-electron chi connectivity index (χ3n) is 4.02. The van der Waals surface area contributed by atoms with Gasteiger partial charge in [0.05, 0.1) is 5.52 Å². The van der Waals surface area contributed by atoms with Gasteiger partial charge in [0.25, 0.3) is 10.0 Å². The third kappa shape index (κ3) is 3.62. The molecule has 0 radical (unpaired) electrons. The molecule has 1 heterocycles. The number of hydrogen-bond donors (Lipinski definition) is 0. The molecular formula is C18H18BrClN2O2S. The number of benzene rings is 2. The Morgan fingerprint density at radius 3 is 2.56 bits per heavy atom. The first kappa shape index (κ1) is 18.5. The maximum Gasteiger partial charge on any atom is 0.269 e. The van der Waals surface area contributed by atoms with Gasteiger partial charge in [-0.05, 0) is 72.3 Å². The van der Waals surface area contributed by atoms with E-state index in [4.69, 9.17) is 11.6 Å². The van der Waals surface area contributed by atoms with Crippen molar-refractivity contribution in [2.75, 3.05) is 20.6 Å². The fourth-order valence-corrected chi connectivity index (χ4v) is 5.27. The van der Waals surface area contributed by atoms with Crippen LogP contribution in [0.3, 0.4) is 0 Å². The first-order valence-corrected chi connectivity index (χ1v) is 10.4. The summed E-state index contributed by atoms with van der Waals surface area (Å²) in [5.74, 6) is 0. The third-order valence-corrected chi connectivity index (χ3v) is 6.94. The average molecular weight is 442 g/mol. The molecule has 0 bridgehead atoms. The van der Waals surface area contributed by atoms with Crippen LogP contribution in [0.15, 0.2) is 58.0 Å². The molecule has 4 nitrogen and oxygen atoms in total. The molecule has 7 heteroatoms. The van der Waals surface area contributed by atoms with E-state index in [1.165, 1.54) is 3.97 Å². The van der Waals surface area contributed by atoms with Crippen molar-refractivity contribution >= 4 is 48.5 Å². The molecule has 0 aliphatic rings. The second-order valence-electron chi connectivity index (χ2n) is 6.10. The summed E-state index contributed by atoms with van der Waals surface area (Å²) in [4.78, 5) is 2.30. The molecule has 1 aromatic heterocycles. The van der Waals surface area contributed by atoms with E-state index in [-0.39, 0.29) is 4.90 Å². The van der Waals surface area contributed by atoms with Gasteiger partial charge < -0.3 is 4.90 Å². The Balaban J connectivity index is 2.21. The lowest BCUT2D eigenvalue weighted by atomic mass is 10.1. The smallest absolute Gasteiger partial charge is 0.269 e. The zero-order valence-electron chi connectivity index (χ0n) is 13.9. The van der Waals surface area contributed by atoms with Crippen molar-refractivity contribution in [3.05, 3.63) is 63.7 Å². The first-order chi connectivity index (χ1) is 11.8. The lowest BCUT2D eigenvalue weighted by Crippen LogP contribution is -2.15. The quantitative estimate of drug-likeness (QED) is 0.589. The van der Waals surface area contributed by atoms with E-state index in [2.05, 4.69) is 20.8 Å². The van der Waals surface area contributed by atoms with E-state index in [0.29, 0.717) is 15.0 Å². The fourth-order valence-electron chi connectivity index (χ4n) is 2.74. The highest BCUT2D eigenvalue weighted by molar-refractivity contribution is 9.10. The molecule has 0 aliphatic heterocycles. The van der Waals surface area contributed by atoms with Crippen LogP contribution in [0.5, 0.6) is 0 Å². The topological polar surface area (TPSA) is 42.3 Å². The molecule has 25 heavy (non-hydrogen) atoms. The molecule has 0 N–H and O–H groups in total. The minimum Gasteiger partial charge on any atom is -0.309 e. The molecule has 3 aromatic rings. The molecule has 0 saturated heterocycles. The first-order valence-electron chi connectivity index (χ1n) is 7.75. The van der Waals surface area contributed by atoms with E-state index in [1.807, 2.05) is 20.2 Å². The van der Waals surface area contributed by atoms with Crippen LogP contribution in [0, 0.1) is 0 Å². The summed E-state index contributed by atoms with van der Waals surface area (Å²) in [5.41, 5.74) is 1.59. The van der Waals surface area contributed by atoms with Gasteiger partial charge in [-0.15, -0.1) is 0 Å². The molecule has 0 saturated carbocycles. The zero-order chi connectivity index (χ0) is 18.2. The van der Waals surface area contributed by atoms with E-state index in [9.17, 15) is 8.42 Å². The van der Waals surface area contributed by atoms with Gasteiger partial charge in [-0.1, -0.05) is 23.7 Å². The van der Waals surface area contributed by atoms with Crippen molar-refractivity contribution in [1.29, 1.82) is 0 Å². The number of hydrogen-bond acceptors (Lipinski definition) is 3. The van der Waals surface area contributed by atoms with E-state index >= 15 is 0 Å². The molecular weight excluding hydrogens is 424 g/mol. The van der Waals surface area contributed by atoms with Crippen LogP contribution in [-0.4, -0.2) is 37.9 Å². The Labute approximate surface area is 161 Å². The van der Waals surface area contributed by atoms with Gasteiger partial charge in [0.15, 0.2) is 0 Å². The normalized spacial score (nSPS) is 12.2. The maximum absolute atomic E-state index is 13.2. The van der Waals surface area contributed by atoms with Crippen LogP contribution < -0.4 is 0 Å². The second-order valence-corrected chi connectivity index (χ2v) is 9.17. The van der Waals surface area contributed by atoms with Crippen LogP contribution in [0.4, 0.5) is 0 Å². The predicted molar refractivity (Wildman–Crippen MR) is 106 cm³/mol. The van der Waals surface area contributed by atoms with E-state index in [1.54, 1.807) is 42.6 Å². The standard InChI is InChI=1S/C18H18BrClN2O2S/c1-21(2)10-9-13-12-22(17-8-7-14(20)11-15(13)17)25(23,24)18-6-4-3-5-16(18)19/h3-8,11-12H,9-10H2,1-2H3. The number of fused-ring (bicyclic) bond motifs is 1. The van der Waals surface area contributed by atoms with Gasteiger partial charge in [-0.25, -0.2) is 12.4 Å². The van der Waals surface area contributed by atoms with Gasteiger partial charge >= 0.3 is 0 Å². The lowest BCUT2D eigenvalue weighted by Gasteiger charge is -2.09. The SMILES string of the molecule is CN(C)CCc1cn(S(=O)(=O)c2ccccc2Br)c2ccc(Cl)cc12. The highest BCUT2D eigenvalue weighted by atomic mass is 79.9. The highest BCUT2D eigenvalue weighted by Crippen LogP contribution is 2.31. The van der Waals surface area contributed by atoms with Crippen LogP contribution in [0.1, 0.15) is 5.56 Å². The molecule has 0 atom stereocenters. The van der Waals surface area contributed by atoms with Crippen molar-refractivity contribution in [2.24, 2.45) is 0 Å². The average Bonchev–Trinajstić information content (AvgIpc) is 2.91. The Kier molecular flexibility index (Phi) is 5.25. The van der Waals surface area contributed by atoms with Crippen molar-refractivity contribution in [2.45, 2.75) is 11.3 Å². The Hall–Kier alpha value is -1.34. The summed E-state index contributed by atoms with van der Waals surface area (Å²) in [6.45, 7) is 0.820. The minimum absolute atomic E-state index is 0.237. The van der Waals surface area contributed by atoms with Crippen molar-refractivity contribution in [1.82, 2.24) is 8.87 Å². The summed E-state index contributed by atoms with van der Waals surface area (Å²) in [6.07, 6.45) is 2.45. The number of halogens is 2. The summed E-state index contributed by atoms with van der Waals surface area (Å²) >= 11 is 9.48. The summed E-state index contributed by atoms with van der Waals surface area (Å²) in [5, 5.41) is 1.46. The highest BCUT2D eigenvalue weighted by Gasteiger charge is 2.23.